The van der Waals surface area contributed by atoms with Gasteiger partial charge in [0.25, 0.3) is 0 Å². The Balaban J connectivity index is 1.88. The van der Waals surface area contributed by atoms with Gasteiger partial charge in [-0.25, -0.2) is 19.1 Å². The van der Waals surface area contributed by atoms with Gasteiger partial charge in [0, 0.05) is 30.9 Å². The zero-order chi connectivity index (χ0) is 21.2. The number of ether oxygens (including phenoxy) is 1. The van der Waals surface area contributed by atoms with E-state index in [9.17, 15) is 14.7 Å². The fourth-order valence-electron chi connectivity index (χ4n) is 3.48. The normalized spacial score (nSPS) is 15.5. The van der Waals surface area contributed by atoms with E-state index in [0.29, 0.717) is 32.5 Å². The van der Waals surface area contributed by atoms with E-state index in [1.54, 1.807) is 9.42 Å². The predicted molar refractivity (Wildman–Crippen MR) is 109 cm³/mol. The number of carbonyl (C=O) groups excluding carboxylic acids is 1. The van der Waals surface area contributed by atoms with Crippen LogP contribution in [0.1, 0.15) is 39.2 Å². The van der Waals surface area contributed by atoms with Gasteiger partial charge in [-0.1, -0.05) is 0 Å². The number of hydrogen-bond donors (Lipinski definition) is 1. The Morgan fingerprint density at radius 1 is 1.34 bits per heavy atom. The van der Waals surface area contributed by atoms with Crippen LogP contribution in [0.3, 0.4) is 0 Å². The number of nitrogens with zero attached hydrogens (tertiary/aromatic N) is 5. The number of hydrogen-bond acceptors (Lipinski definition) is 6. The second-order valence-corrected chi connectivity index (χ2v) is 8.81. The van der Waals surface area contributed by atoms with E-state index in [1.165, 1.54) is 23.0 Å². The lowest BCUT2D eigenvalue weighted by Gasteiger charge is -2.38. The van der Waals surface area contributed by atoms with Gasteiger partial charge in [0.05, 0.1) is 6.54 Å². The summed E-state index contributed by atoms with van der Waals surface area (Å²) in [5.41, 5.74) is 1.19. The van der Waals surface area contributed by atoms with Gasteiger partial charge in [-0.2, -0.15) is 5.10 Å². The van der Waals surface area contributed by atoms with Crippen LogP contribution >= 0.6 is 11.8 Å². The lowest BCUT2D eigenvalue weighted by atomic mass is 10.0. The summed E-state index contributed by atoms with van der Waals surface area (Å²) in [6.45, 7) is 6.66. The number of aromatic nitrogens is 3. The van der Waals surface area contributed by atoms with Crippen LogP contribution in [0.5, 0.6) is 0 Å². The quantitative estimate of drug-likeness (QED) is 0.756. The summed E-state index contributed by atoms with van der Waals surface area (Å²) in [5, 5.41) is 14.3. The Labute approximate surface area is 174 Å². The first-order valence-corrected chi connectivity index (χ1v) is 10.7. The van der Waals surface area contributed by atoms with E-state index in [1.807, 2.05) is 39.3 Å². The molecule has 29 heavy (non-hydrogen) atoms. The fourth-order valence-corrected chi connectivity index (χ4v) is 4.05. The molecule has 0 aromatic carbocycles. The molecule has 3 heterocycles. The van der Waals surface area contributed by atoms with E-state index in [0.717, 1.165) is 16.1 Å². The summed E-state index contributed by atoms with van der Waals surface area (Å²) in [5.74, 6) is 0. The van der Waals surface area contributed by atoms with E-state index in [2.05, 4.69) is 10.1 Å². The average Bonchev–Trinajstić information content (AvgIpc) is 3.08. The second-order valence-electron chi connectivity index (χ2n) is 8.01. The first-order valence-electron chi connectivity index (χ1n) is 9.52. The molecular weight excluding hydrogens is 394 g/mol. The molecule has 2 aromatic heterocycles. The molecule has 2 aromatic rings. The van der Waals surface area contributed by atoms with Gasteiger partial charge in [0.15, 0.2) is 0 Å². The molecule has 0 saturated carbocycles. The number of rotatable bonds is 4. The summed E-state index contributed by atoms with van der Waals surface area (Å²) in [6, 6.07) is 1.84. The number of piperidine rings is 1. The van der Waals surface area contributed by atoms with Crippen LogP contribution in [0.4, 0.5) is 9.59 Å². The van der Waals surface area contributed by atoms with Crippen molar-refractivity contribution in [3.8, 4) is 0 Å². The monoisotopic (exact) mass is 421 g/mol. The molecule has 0 aliphatic carbocycles. The van der Waals surface area contributed by atoms with Crippen LogP contribution in [0, 0.1) is 0 Å². The van der Waals surface area contributed by atoms with E-state index >= 15 is 0 Å². The molecule has 1 fully saturated rings. The van der Waals surface area contributed by atoms with Crippen LogP contribution < -0.4 is 0 Å². The zero-order valence-corrected chi connectivity index (χ0v) is 18.0. The van der Waals surface area contributed by atoms with Crippen molar-refractivity contribution >= 4 is 29.5 Å². The van der Waals surface area contributed by atoms with Crippen molar-refractivity contribution in [2.45, 2.75) is 56.8 Å². The van der Waals surface area contributed by atoms with Crippen LogP contribution in [0.25, 0.3) is 5.52 Å². The van der Waals surface area contributed by atoms with Crippen molar-refractivity contribution in [3.05, 3.63) is 24.2 Å². The summed E-state index contributed by atoms with van der Waals surface area (Å²) >= 11 is 1.52. The SMILES string of the molecule is CSc1ncnn2ccc(CN(C(=O)OC(C)(C)C)C3CCN(C(=O)O)CC3)c12. The van der Waals surface area contributed by atoms with Gasteiger partial charge >= 0.3 is 12.2 Å². The molecule has 1 saturated heterocycles. The van der Waals surface area contributed by atoms with Gasteiger partial charge in [-0.15, -0.1) is 11.8 Å². The lowest BCUT2D eigenvalue weighted by Crippen LogP contribution is -2.49. The van der Waals surface area contributed by atoms with Crippen molar-refractivity contribution in [3.63, 3.8) is 0 Å². The highest BCUT2D eigenvalue weighted by atomic mass is 32.2. The molecule has 1 N–H and O–H groups in total. The number of carbonyl (C=O) groups is 2. The van der Waals surface area contributed by atoms with Crippen LogP contribution in [0.2, 0.25) is 0 Å². The predicted octanol–water partition coefficient (Wildman–Crippen LogP) is 3.33. The molecule has 10 heteroatoms. The molecule has 1 aliphatic rings. The highest BCUT2D eigenvalue weighted by molar-refractivity contribution is 7.98. The van der Waals surface area contributed by atoms with Gasteiger partial charge < -0.3 is 19.6 Å². The maximum Gasteiger partial charge on any atom is 0.410 e. The Morgan fingerprint density at radius 2 is 2.03 bits per heavy atom. The molecule has 158 valence electrons. The minimum atomic E-state index is -0.924. The first-order chi connectivity index (χ1) is 13.7. The zero-order valence-electron chi connectivity index (χ0n) is 17.2. The van der Waals surface area contributed by atoms with Crippen molar-refractivity contribution in [2.75, 3.05) is 19.3 Å². The van der Waals surface area contributed by atoms with Gasteiger partial charge in [-0.05, 0) is 45.9 Å². The molecular formula is C19H27N5O4S. The van der Waals surface area contributed by atoms with Crippen molar-refractivity contribution in [1.82, 2.24) is 24.4 Å². The van der Waals surface area contributed by atoms with Crippen LogP contribution in [0.15, 0.2) is 23.6 Å². The average molecular weight is 422 g/mol. The Morgan fingerprint density at radius 3 is 2.62 bits per heavy atom. The highest BCUT2D eigenvalue weighted by Crippen LogP contribution is 2.27. The summed E-state index contributed by atoms with van der Waals surface area (Å²) < 4.78 is 7.42. The van der Waals surface area contributed by atoms with E-state index in [4.69, 9.17) is 4.74 Å². The third kappa shape index (κ3) is 4.92. The molecule has 9 nitrogen and oxygen atoms in total. The molecule has 0 atom stereocenters. The highest BCUT2D eigenvalue weighted by Gasteiger charge is 2.33. The molecule has 3 rings (SSSR count). The smallest absolute Gasteiger partial charge is 0.410 e. The molecule has 0 unspecified atom stereocenters. The molecule has 0 bridgehead atoms. The Bertz CT molecular complexity index is 886. The molecule has 2 amide bonds. The Kier molecular flexibility index (Phi) is 6.21. The first kappa shape index (κ1) is 21.2. The van der Waals surface area contributed by atoms with Crippen molar-refractivity contribution in [1.29, 1.82) is 0 Å². The third-order valence-electron chi connectivity index (χ3n) is 4.84. The third-order valence-corrected chi connectivity index (χ3v) is 5.53. The van der Waals surface area contributed by atoms with Crippen molar-refractivity contribution < 1.29 is 19.4 Å². The number of fused-ring (bicyclic) bond motifs is 1. The summed E-state index contributed by atoms with van der Waals surface area (Å²) in [4.78, 5) is 31.7. The number of likely N-dealkylation sites (tertiary alicyclic amines) is 1. The van der Waals surface area contributed by atoms with Crippen LogP contribution in [-0.4, -0.2) is 72.7 Å². The maximum absolute atomic E-state index is 13.0. The summed E-state index contributed by atoms with van der Waals surface area (Å²) in [7, 11) is 0. The lowest BCUT2D eigenvalue weighted by molar-refractivity contribution is 0.00674. The minimum Gasteiger partial charge on any atom is -0.465 e. The fraction of sp³-hybridized carbons (Fsp3) is 0.579. The topological polar surface area (TPSA) is 100 Å². The van der Waals surface area contributed by atoms with Gasteiger partial charge in [-0.3, -0.25) is 0 Å². The number of carboxylic acid groups (broad SMARTS) is 1. The number of amides is 2. The second kappa shape index (κ2) is 8.48. The van der Waals surface area contributed by atoms with E-state index in [-0.39, 0.29) is 6.04 Å². The van der Waals surface area contributed by atoms with Crippen LogP contribution in [-0.2, 0) is 11.3 Å². The largest absolute Gasteiger partial charge is 0.465 e. The molecule has 1 aliphatic heterocycles. The molecule has 0 spiro atoms. The number of thioether (sulfide) groups is 1. The maximum atomic E-state index is 13.0. The molecule has 0 radical (unpaired) electrons. The van der Waals surface area contributed by atoms with Crippen molar-refractivity contribution in [2.24, 2.45) is 0 Å². The van der Waals surface area contributed by atoms with Gasteiger partial charge in [0.1, 0.15) is 22.5 Å². The Hall–Kier alpha value is -2.49. The summed E-state index contributed by atoms with van der Waals surface area (Å²) in [6.07, 6.45) is 5.14. The minimum absolute atomic E-state index is 0.0993. The van der Waals surface area contributed by atoms with E-state index < -0.39 is 17.8 Å². The standard InChI is InChI=1S/C19H27N5O4S/c1-19(2,3)28-18(27)23(14-6-8-22(9-7-14)17(25)26)11-13-5-10-24-15(13)16(29-4)20-12-21-24/h5,10,12,14H,6-9,11H2,1-4H3,(H,25,26). The van der Waals surface area contributed by atoms with Gasteiger partial charge in [0.2, 0.25) is 0 Å².